The molecule has 0 bridgehead atoms. The van der Waals surface area contributed by atoms with Gasteiger partial charge in [0.15, 0.2) is 0 Å². The Labute approximate surface area is 142 Å². The van der Waals surface area contributed by atoms with E-state index in [-0.39, 0.29) is 17.5 Å². The number of carbonyl (C=O) groups excluding carboxylic acids is 1. The summed E-state index contributed by atoms with van der Waals surface area (Å²) in [5.74, 6) is -0.119. The van der Waals surface area contributed by atoms with Crippen LogP contribution in [-0.4, -0.2) is 37.1 Å². The molecule has 0 aromatic carbocycles. The van der Waals surface area contributed by atoms with Gasteiger partial charge in [0.2, 0.25) is 0 Å². The number of rotatable bonds is 3. The summed E-state index contributed by atoms with van der Waals surface area (Å²) >= 11 is 1.27. The molecule has 0 fully saturated rings. The molecule has 0 radical (unpaired) electrons. The van der Waals surface area contributed by atoms with Gasteiger partial charge in [0.05, 0.1) is 11.4 Å². The second-order valence-electron chi connectivity index (χ2n) is 5.44. The summed E-state index contributed by atoms with van der Waals surface area (Å²) < 4.78 is 5.32. The number of anilines is 1. The van der Waals surface area contributed by atoms with Crippen LogP contribution in [0.1, 0.15) is 27.6 Å². The maximum Gasteiger partial charge on any atom is 0.276 e. The second kappa shape index (κ2) is 6.00. The average molecular weight is 344 g/mol. The lowest BCUT2D eigenvalue weighted by atomic mass is 10.3. The van der Waals surface area contributed by atoms with E-state index in [0.29, 0.717) is 5.69 Å². The molecule has 9 heteroatoms. The summed E-state index contributed by atoms with van der Waals surface area (Å²) in [5.41, 5.74) is 2.72. The van der Waals surface area contributed by atoms with E-state index in [4.69, 9.17) is 0 Å². The van der Waals surface area contributed by atoms with E-state index in [1.54, 1.807) is 12.4 Å². The monoisotopic (exact) mass is 344 g/mol. The number of amides is 1. The van der Waals surface area contributed by atoms with Crippen LogP contribution in [0.15, 0.2) is 22.3 Å². The quantitative estimate of drug-likeness (QED) is 0.778. The van der Waals surface area contributed by atoms with E-state index in [9.17, 15) is 9.59 Å². The molecular formula is C15H16N6O2S. The molecule has 0 aliphatic carbocycles. The second-order valence-corrected chi connectivity index (χ2v) is 6.07. The van der Waals surface area contributed by atoms with Gasteiger partial charge in [0, 0.05) is 29.9 Å². The van der Waals surface area contributed by atoms with Gasteiger partial charge in [0.1, 0.15) is 5.69 Å². The topological polar surface area (TPSA) is 96.8 Å². The van der Waals surface area contributed by atoms with Gasteiger partial charge in [-0.2, -0.15) is 9.06 Å². The molecule has 0 spiro atoms. The van der Waals surface area contributed by atoms with Gasteiger partial charge < -0.3 is 4.90 Å². The van der Waals surface area contributed by atoms with Crippen molar-refractivity contribution in [3.8, 4) is 5.95 Å². The van der Waals surface area contributed by atoms with Crippen molar-refractivity contribution in [1.29, 1.82) is 0 Å². The maximum absolute atomic E-state index is 12.6. The van der Waals surface area contributed by atoms with E-state index < -0.39 is 5.56 Å². The number of nitrogens with one attached hydrogen (secondary N) is 1. The van der Waals surface area contributed by atoms with Crippen molar-refractivity contribution in [3.63, 3.8) is 0 Å². The Morgan fingerprint density at radius 1 is 1.21 bits per heavy atom. The first-order valence-corrected chi connectivity index (χ1v) is 8.04. The highest BCUT2D eigenvalue weighted by Crippen LogP contribution is 2.21. The van der Waals surface area contributed by atoms with E-state index in [1.807, 2.05) is 26.8 Å². The highest BCUT2D eigenvalue weighted by atomic mass is 32.1. The van der Waals surface area contributed by atoms with Gasteiger partial charge in [-0.05, 0) is 38.4 Å². The minimum Gasteiger partial charge on any atom is -0.308 e. The highest BCUT2D eigenvalue weighted by molar-refractivity contribution is 7.04. The third kappa shape index (κ3) is 2.85. The predicted octanol–water partition coefficient (Wildman–Crippen LogP) is 1.61. The molecule has 8 nitrogen and oxygen atoms in total. The summed E-state index contributed by atoms with van der Waals surface area (Å²) in [6.07, 6.45) is 0. The van der Waals surface area contributed by atoms with Crippen LogP contribution in [0.3, 0.4) is 0 Å². The zero-order valence-corrected chi connectivity index (χ0v) is 14.5. The molecule has 0 unspecified atom stereocenters. The molecule has 1 amide bonds. The first kappa shape index (κ1) is 16.1. The molecule has 124 valence electrons. The lowest BCUT2D eigenvalue weighted by Gasteiger charge is -2.14. The van der Waals surface area contributed by atoms with Crippen LogP contribution in [0, 0.1) is 20.8 Å². The lowest BCUT2D eigenvalue weighted by molar-refractivity contribution is 0.0987. The van der Waals surface area contributed by atoms with Crippen molar-refractivity contribution in [1.82, 2.24) is 24.1 Å². The molecule has 3 heterocycles. The van der Waals surface area contributed by atoms with E-state index in [2.05, 4.69) is 19.4 Å². The SMILES string of the molecule is Cc1cc(C)nc(-n2[nH]c(C(=O)N(C)c3csnc3C)cc2=O)n1. The third-order valence-corrected chi connectivity index (χ3v) is 4.22. The smallest absolute Gasteiger partial charge is 0.276 e. The fourth-order valence-corrected chi connectivity index (χ4v) is 3.09. The lowest BCUT2D eigenvalue weighted by Crippen LogP contribution is -2.27. The maximum atomic E-state index is 12.6. The van der Waals surface area contributed by atoms with Crippen LogP contribution >= 0.6 is 11.5 Å². The minimum atomic E-state index is -0.392. The van der Waals surface area contributed by atoms with Crippen LogP contribution in [0.2, 0.25) is 0 Å². The van der Waals surface area contributed by atoms with Crippen molar-refractivity contribution in [2.75, 3.05) is 11.9 Å². The average Bonchev–Trinajstić information content (AvgIpc) is 3.10. The Morgan fingerprint density at radius 3 is 2.46 bits per heavy atom. The molecule has 0 saturated carbocycles. The Balaban J connectivity index is 1.98. The molecular weight excluding hydrogens is 328 g/mol. The van der Waals surface area contributed by atoms with Crippen LogP contribution in [-0.2, 0) is 0 Å². The molecule has 0 atom stereocenters. The van der Waals surface area contributed by atoms with Crippen LogP contribution in [0.4, 0.5) is 5.69 Å². The Bertz CT molecular complexity index is 950. The van der Waals surface area contributed by atoms with Crippen molar-refractivity contribution in [2.24, 2.45) is 0 Å². The summed E-state index contributed by atoms with van der Waals surface area (Å²) in [6, 6.07) is 3.05. The first-order chi connectivity index (χ1) is 11.4. The molecule has 0 aliphatic heterocycles. The molecule has 3 aromatic rings. The minimum absolute atomic E-state index is 0.163. The van der Waals surface area contributed by atoms with Gasteiger partial charge >= 0.3 is 0 Å². The third-order valence-electron chi connectivity index (χ3n) is 3.51. The Morgan fingerprint density at radius 2 is 1.88 bits per heavy atom. The van der Waals surface area contributed by atoms with Gasteiger partial charge in [-0.3, -0.25) is 14.7 Å². The number of aromatic amines is 1. The van der Waals surface area contributed by atoms with Gasteiger partial charge in [-0.25, -0.2) is 9.97 Å². The Hall–Kier alpha value is -2.81. The standard InChI is InChI=1S/C15H16N6O2S/c1-8-5-9(2)17-15(16-8)21-13(22)6-11(18-21)14(23)20(4)12-7-24-19-10(12)3/h5-7,18H,1-4H3. The van der Waals surface area contributed by atoms with Crippen LogP contribution in [0.25, 0.3) is 5.95 Å². The van der Waals surface area contributed by atoms with Crippen molar-refractivity contribution >= 4 is 23.1 Å². The summed E-state index contributed by atoms with van der Waals surface area (Å²) in [7, 11) is 1.64. The summed E-state index contributed by atoms with van der Waals surface area (Å²) in [4.78, 5) is 34.7. The fraction of sp³-hybridized carbons (Fsp3) is 0.267. The first-order valence-electron chi connectivity index (χ1n) is 7.20. The molecule has 3 aromatic heterocycles. The van der Waals surface area contributed by atoms with Gasteiger partial charge in [-0.1, -0.05) is 0 Å². The molecule has 0 saturated heterocycles. The van der Waals surface area contributed by atoms with E-state index >= 15 is 0 Å². The zero-order valence-electron chi connectivity index (χ0n) is 13.7. The van der Waals surface area contributed by atoms with Gasteiger partial charge in [0.25, 0.3) is 17.4 Å². The number of carbonyl (C=O) groups is 1. The molecule has 1 N–H and O–H groups in total. The predicted molar refractivity (Wildman–Crippen MR) is 91.0 cm³/mol. The van der Waals surface area contributed by atoms with Crippen LogP contribution < -0.4 is 10.5 Å². The van der Waals surface area contributed by atoms with Crippen molar-refractivity contribution in [2.45, 2.75) is 20.8 Å². The largest absolute Gasteiger partial charge is 0.308 e. The number of aromatic nitrogens is 5. The van der Waals surface area contributed by atoms with Crippen molar-refractivity contribution < 1.29 is 4.79 Å². The van der Waals surface area contributed by atoms with Crippen LogP contribution in [0.5, 0.6) is 0 Å². The summed E-state index contributed by atoms with van der Waals surface area (Å²) in [5, 5.41) is 4.57. The highest BCUT2D eigenvalue weighted by Gasteiger charge is 2.20. The number of nitrogens with zero attached hydrogens (tertiary/aromatic N) is 5. The van der Waals surface area contributed by atoms with E-state index in [1.165, 1.54) is 27.2 Å². The number of hydrogen-bond donors (Lipinski definition) is 1. The Kier molecular flexibility index (Phi) is 4.02. The molecule has 24 heavy (non-hydrogen) atoms. The molecule has 3 rings (SSSR count). The number of aryl methyl sites for hydroxylation is 3. The molecule has 0 aliphatic rings. The zero-order chi connectivity index (χ0) is 17.4. The normalized spacial score (nSPS) is 10.8. The van der Waals surface area contributed by atoms with Gasteiger partial charge in [-0.15, -0.1) is 0 Å². The number of hydrogen-bond acceptors (Lipinski definition) is 6. The van der Waals surface area contributed by atoms with Crippen molar-refractivity contribution in [3.05, 3.63) is 50.6 Å². The van der Waals surface area contributed by atoms with E-state index in [0.717, 1.165) is 17.1 Å². The fourth-order valence-electron chi connectivity index (χ4n) is 2.36. The number of H-pyrrole nitrogens is 1. The summed E-state index contributed by atoms with van der Waals surface area (Å²) in [6.45, 7) is 5.46.